The van der Waals surface area contributed by atoms with E-state index in [4.69, 9.17) is 4.74 Å². The monoisotopic (exact) mass is 517 g/mol. The van der Waals surface area contributed by atoms with Crippen LogP contribution in [-0.4, -0.2) is 34.8 Å². The Bertz CT molecular complexity index is 915. The van der Waals surface area contributed by atoms with Crippen LogP contribution < -0.4 is 10.6 Å². The average Bonchev–Trinajstić information content (AvgIpc) is 2.61. The van der Waals surface area contributed by atoms with E-state index in [0.717, 1.165) is 22.3 Å². The molecule has 8 heteroatoms. The Morgan fingerprint density at radius 3 is 2.18 bits per heavy atom. The maximum Gasteiger partial charge on any atom is 0.191 e. The molecule has 0 aromatic heterocycles. The zero-order valence-corrected chi connectivity index (χ0v) is 19.8. The van der Waals surface area contributed by atoms with Crippen LogP contribution in [0.4, 0.5) is 0 Å². The van der Waals surface area contributed by atoms with E-state index < -0.39 is 9.84 Å². The third-order valence-corrected chi connectivity index (χ3v) is 5.34. The van der Waals surface area contributed by atoms with Crippen molar-refractivity contribution in [3.63, 3.8) is 0 Å². The summed E-state index contributed by atoms with van der Waals surface area (Å²) in [7, 11) is 0.200. The second kappa shape index (κ2) is 11.4. The zero-order valence-electron chi connectivity index (χ0n) is 16.7. The Balaban J connectivity index is 0.00000392. The molecule has 0 radical (unpaired) electrons. The molecule has 0 aliphatic rings. The van der Waals surface area contributed by atoms with Gasteiger partial charge in [0.1, 0.15) is 0 Å². The number of aryl methyl sites for hydroxylation is 1. The molecule has 28 heavy (non-hydrogen) atoms. The molecule has 0 saturated carbocycles. The van der Waals surface area contributed by atoms with Gasteiger partial charge in [-0.05, 0) is 35.2 Å². The minimum absolute atomic E-state index is 0. The second-order valence-electron chi connectivity index (χ2n) is 6.40. The number of benzene rings is 2. The van der Waals surface area contributed by atoms with Crippen molar-refractivity contribution in [2.45, 2.75) is 31.5 Å². The second-order valence-corrected chi connectivity index (χ2v) is 8.39. The van der Waals surface area contributed by atoms with E-state index >= 15 is 0 Å². The first-order valence-corrected chi connectivity index (χ1v) is 10.5. The predicted molar refractivity (Wildman–Crippen MR) is 124 cm³/mol. The summed E-state index contributed by atoms with van der Waals surface area (Å²) in [5.74, 6) is 0.678. The molecule has 2 aromatic rings. The van der Waals surface area contributed by atoms with Crippen molar-refractivity contribution in [3.05, 3.63) is 64.7 Å². The molecule has 0 aliphatic carbocycles. The molecule has 0 unspecified atom stereocenters. The maximum absolute atomic E-state index is 11.7. The molecule has 2 N–H and O–H groups in total. The SMILES string of the molecule is CN=C(NCc1cccc(COC)c1)NCc1ccc(S(C)(=O)=O)c(C)c1.I. The minimum Gasteiger partial charge on any atom is -0.380 e. The topological polar surface area (TPSA) is 79.8 Å². The van der Waals surface area contributed by atoms with E-state index in [1.807, 2.05) is 30.3 Å². The summed E-state index contributed by atoms with van der Waals surface area (Å²) in [4.78, 5) is 4.60. The first kappa shape index (κ1) is 24.4. The highest BCUT2D eigenvalue weighted by Crippen LogP contribution is 2.16. The highest BCUT2D eigenvalue weighted by molar-refractivity contribution is 14.0. The van der Waals surface area contributed by atoms with E-state index in [0.29, 0.717) is 30.6 Å². The maximum atomic E-state index is 11.7. The molecule has 0 spiro atoms. The third-order valence-electron chi connectivity index (χ3n) is 4.08. The summed E-state index contributed by atoms with van der Waals surface area (Å²) in [6, 6.07) is 13.5. The van der Waals surface area contributed by atoms with Crippen LogP contribution in [-0.2, 0) is 34.3 Å². The average molecular weight is 517 g/mol. The van der Waals surface area contributed by atoms with Gasteiger partial charge in [-0.2, -0.15) is 0 Å². The number of halogens is 1. The molecule has 0 amide bonds. The normalized spacial score (nSPS) is 11.6. The molecule has 0 saturated heterocycles. The Morgan fingerprint density at radius 1 is 1.04 bits per heavy atom. The molecule has 0 atom stereocenters. The number of nitrogens with one attached hydrogen (secondary N) is 2. The number of nitrogens with zero attached hydrogens (tertiary/aromatic N) is 1. The number of guanidine groups is 1. The molecule has 2 aromatic carbocycles. The van der Waals surface area contributed by atoms with Gasteiger partial charge in [-0.15, -0.1) is 24.0 Å². The molecule has 0 heterocycles. The fourth-order valence-electron chi connectivity index (χ4n) is 2.83. The van der Waals surface area contributed by atoms with Crippen molar-refractivity contribution in [1.82, 2.24) is 10.6 Å². The molecular weight excluding hydrogens is 489 g/mol. The Morgan fingerprint density at radius 2 is 1.64 bits per heavy atom. The third kappa shape index (κ3) is 7.40. The molecule has 2 rings (SSSR count). The van der Waals surface area contributed by atoms with Crippen LogP contribution in [0.25, 0.3) is 0 Å². The van der Waals surface area contributed by atoms with Crippen molar-refractivity contribution in [3.8, 4) is 0 Å². The lowest BCUT2D eigenvalue weighted by atomic mass is 10.1. The van der Waals surface area contributed by atoms with Gasteiger partial charge in [0, 0.05) is 33.5 Å². The number of rotatable bonds is 7. The van der Waals surface area contributed by atoms with Gasteiger partial charge < -0.3 is 15.4 Å². The van der Waals surface area contributed by atoms with E-state index in [9.17, 15) is 8.42 Å². The van der Waals surface area contributed by atoms with Gasteiger partial charge in [0.15, 0.2) is 15.8 Å². The lowest BCUT2D eigenvalue weighted by Gasteiger charge is -2.13. The van der Waals surface area contributed by atoms with E-state index in [-0.39, 0.29) is 24.0 Å². The van der Waals surface area contributed by atoms with Crippen LogP contribution in [0.1, 0.15) is 22.3 Å². The Kier molecular flexibility index (Phi) is 9.91. The first-order valence-electron chi connectivity index (χ1n) is 8.64. The van der Waals surface area contributed by atoms with Crippen molar-refractivity contribution >= 4 is 39.8 Å². The minimum atomic E-state index is -3.20. The fourth-order valence-corrected chi connectivity index (χ4v) is 3.78. The van der Waals surface area contributed by atoms with Gasteiger partial charge >= 0.3 is 0 Å². The molecular formula is C20H28IN3O3S. The molecule has 0 fully saturated rings. The first-order chi connectivity index (χ1) is 12.8. The smallest absolute Gasteiger partial charge is 0.191 e. The van der Waals surface area contributed by atoms with Crippen molar-refractivity contribution in [2.75, 3.05) is 20.4 Å². The van der Waals surface area contributed by atoms with Crippen LogP contribution in [0.15, 0.2) is 52.4 Å². The van der Waals surface area contributed by atoms with Crippen molar-refractivity contribution in [1.29, 1.82) is 0 Å². The van der Waals surface area contributed by atoms with Crippen LogP contribution in [0, 0.1) is 6.92 Å². The number of sulfone groups is 1. The Hall–Kier alpha value is -1.65. The quantitative estimate of drug-likeness (QED) is 0.336. The number of aliphatic imine (C=N–C) groups is 1. The number of ether oxygens (including phenoxy) is 1. The summed E-state index contributed by atoms with van der Waals surface area (Å²) < 4.78 is 28.6. The lowest BCUT2D eigenvalue weighted by molar-refractivity contribution is 0.185. The van der Waals surface area contributed by atoms with Gasteiger partial charge in [-0.3, -0.25) is 4.99 Å². The number of methoxy groups -OCH3 is 1. The van der Waals surface area contributed by atoms with Gasteiger partial charge in [0.2, 0.25) is 0 Å². The molecule has 6 nitrogen and oxygen atoms in total. The number of hydrogen-bond donors (Lipinski definition) is 2. The van der Waals surface area contributed by atoms with Gasteiger partial charge in [0.25, 0.3) is 0 Å². The fraction of sp³-hybridized carbons (Fsp3) is 0.350. The molecule has 0 bridgehead atoms. The van der Waals surface area contributed by atoms with E-state index in [1.165, 1.54) is 6.26 Å². The summed E-state index contributed by atoms with van der Waals surface area (Å²) in [5, 5.41) is 6.52. The Labute approximate surface area is 184 Å². The van der Waals surface area contributed by atoms with Crippen molar-refractivity contribution in [2.24, 2.45) is 4.99 Å². The summed E-state index contributed by atoms with van der Waals surface area (Å²) in [5.41, 5.74) is 4.00. The zero-order chi connectivity index (χ0) is 19.9. The summed E-state index contributed by atoms with van der Waals surface area (Å²) >= 11 is 0. The highest BCUT2D eigenvalue weighted by atomic mass is 127. The van der Waals surface area contributed by atoms with Crippen LogP contribution in [0.2, 0.25) is 0 Å². The standard InChI is InChI=1S/C20H27N3O3S.HI/c1-15-10-17(8-9-19(15)27(4,24)25)13-23-20(21-2)22-12-16-6-5-7-18(11-16)14-26-3;/h5-11H,12-14H2,1-4H3,(H2,21,22,23);1H. The predicted octanol–water partition coefficient (Wildman–Crippen LogP) is 3.03. The van der Waals surface area contributed by atoms with Crippen molar-refractivity contribution < 1.29 is 13.2 Å². The van der Waals surface area contributed by atoms with E-state index in [2.05, 4.69) is 21.7 Å². The van der Waals surface area contributed by atoms with Crippen LogP contribution >= 0.6 is 24.0 Å². The van der Waals surface area contributed by atoms with Gasteiger partial charge in [-0.1, -0.05) is 36.4 Å². The van der Waals surface area contributed by atoms with E-state index in [1.54, 1.807) is 27.1 Å². The van der Waals surface area contributed by atoms with Gasteiger partial charge in [0.05, 0.1) is 11.5 Å². The summed E-state index contributed by atoms with van der Waals surface area (Å²) in [6.45, 7) is 3.58. The van der Waals surface area contributed by atoms with Gasteiger partial charge in [-0.25, -0.2) is 8.42 Å². The largest absolute Gasteiger partial charge is 0.380 e. The summed E-state index contributed by atoms with van der Waals surface area (Å²) in [6.07, 6.45) is 1.22. The van der Waals surface area contributed by atoms with Crippen LogP contribution in [0.5, 0.6) is 0 Å². The lowest BCUT2D eigenvalue weighted by Crippen LogP contribution is -2.36. The number of hydrogen-bond acceptors (Lipinski definition) is 4. The molecule has 154 valence electrons. The molecule has 0 aliphatic heterocycles. The highest BCUT2D eigenvalue weighted by Gasteiger charge is 2.11. The van der Waals surface area contributed by atoms with Crippen LogP contribution in [0.3, 0.4) is 0 Å².